The molecule has 0 radical (unpaired) electrons. The van der Waals surface area contributed by atoms with Crippen LogP contribution in [0.4, 0.5) is 19.1 Å². The van der Waals surface area contributed by atoms with Gasteiger partial charge in [-0.3, -0.25) is 4.79 Å². The SMILES string of the molecule is O=C(Cc1ccsc1)N1C[C@@H]2OCCN(c3ncccn3)[C@@H]2C1.O=C(O)C(F)(F)F. The molecule has 2 saturated heterocycles. The minimum atomic E-state index is -5.08. The first-order valence-corrected chi connectivity index (χ1v) is 9.94. The molecule has 0 saturated carbocycles. The fourth-order valence-corrected chi connectivity index (χ4v) is 3.93. The van der Waals surface area contributed by atoms with Crippen molar-refractivity contribution in [3.05, 3.63) is 40.8 Å². The van der Waals surface area contributed by atoms with E-state index in [4.69, 9.17) is 14.6 Å². The molecule has 2 atom stereocenters. The third kappa shape index (κ3) is 5.45. The molecule has 2 aliphatic heterocycles. The summed E-state index contributed by atoms with van der Waals surface area (Å²) < 4.78 is 37.6. The summed E-state index contributed by atoms with van der Waals surface area (Å²) in [6.07, 6.45) is -1.08. The Labute approximate surface area is 173 Å². The molecule has 0 spiro atoms. The van der Waals surface area contributed by atoms with Crippen LogP contribution in [-0.4, -0.2) is 76.4 Å². The van der Waals surface area contributed by atoms with Crippen LogP contribution in [0.5, 0.6) is 0 Å². The van der Waals surface area contributed by atoms with Gasteiger partial charge in [0, 0.05) is 32.0 Å². The second kappa shape index (κ2) is 9.39. The number of anilines is 1. The highest BCUT2D eigenvalue weighted by atomic mass is 32.1. The molecule has 2 aliphatic rings. The van der Waals surface area contributed by atoms with Gasteiger partial charge in [-0.1, -0.05) is 0 Å². The average molecular weight is 444 g/mol. The first-order valence-electron chi connectivity index (χ1n) is 9.00. The topological polar surface area (TPSA) is 95.9 Å². The molecule has 2 aromatic rings. The molecule has 2 fully saturated rings. The molecule has 12 heteroatoms. The number of hydrogen-bond donors (Lipinski definition) is 1. The first-order chi connectivity index (χ1) is 14.3. The minimum absolute atomic E-state index is 0.0407. The number of nitrogens with zero attached hydrogens (tertiary/aromatic N) is 4. The van der Waals surface area contributed by atoms with E-state index < -0.39 is 12.1 Å². The molecule has 4 heterocycles. The van der Waals surface area contributed by atoms with E-state index in [2.05, 4.69) is 14.9 Å². The third-order valence-corrected chi connectivity index (χ3v) is 5.37. The fourth-order valence-electron chi connectivity index (χ4n) is 3.26. The van der Waals surface area contributed by atoms with E-state index in [1.165, 1.54) is 0 Å². The van der Waals surface area contributed by atoms with Crippen molar-refractivity contribution < 1.29 is 32.6 Å². The number of alkyl halides is 3. The number of amides is 1. The van der Waals surface area contributed by atoms with Crippen LogP contribution < -0.4 is 4.90 Å². The number of ether oxygens (including phenoxy) is 1. The molecular weight excluding hydrogens is 425 g/mol. The molecular formula is C18H19F3N4O4S. The quantitative estimate of drug-likeness (QED) is 0.772. The number of aromatic nitrogens is 2. The van der Waals surface area contributed by atoms with Gasteiger partial charge >= 0.3 is 12.1 Å². The normalized spacial score (nSPS) is 20.9. The number of aliphatic carboxylic acids is 1. The van der Waals surface area contributed by atoms with E-state index in [1.54, 1.807) is 23.7 Å². The van der Waals surface area contributed by atoms with Gasteiger partial charge in [0.05, 0.1) is 25.2 Å². The number of carbonyl (C=O) groups excluding carboxylic acids is 1. The standard InChI is InChI=1S/C16H18N4O2S.C2HF3O2/c21-15(8-12-2-7-23-11-12)19-9-13-14(10-19)22-6-5-20(13)16-17-3-1-4-18-16;3-2(4,5)1(6)7/h1-4,7,11,13-14H,5-6,8-10H2;(H,6,7)/t13-,14+;/m1./s1. The Morgan fingerprint density at radius 2 is 1.97 bits per heavy atom. The summed E-state index contributed by atoms with van der Waals surface area (Å²) in [7, 11) is 0. The van der Waals surface area contributed by atoms with Crippen LogP contribution in [0.25, 0.3) is 0 Å². The van der Waals surface area contributed by atoms with Crippen molar-refractivity contribution in [3.8, 4) is 0 Å². The first kappa shape index (κ1) is 22.0. The van der Waals surface area contributed by atoms with Crippen molar-refractivity contribution in [2.24, 2.45) is 0 Å². The van der Waals surface area contributed by atoms with E-state index in [9.17, 15) is 18.0 Å². The van der Waals surface area contributed by atoms with Gasteiger partial charge in [-0.15, -0.1) is 0 Å². The van der Waals surface area contributed by atoms with E-state index in [1.807, 2.05) is 27.8 Å². The third-order valence-electron chi connectivity index (χ3n) is 4.64. The van der Waals surface area contributed by atoms with Crippen molar-refractivity contribution in [3.63, 3.8) is 0 Å². The smallest absolute Gasteiger partial charge is 0.475 e. The van der Waals surface area contributed by atoms with Gasteiger partial charge in [-0.25, -0.2) is 14.8 Å². The highest BCUT2D eigenvalue weighted by Crippen LogP contribution is 2.26. The Morgan fingerprint density at radius 1 is 1.27 bits per heavy atom. The maximum Gasteiger partial charge on any atom is 0.490 e. The van der Waals surface area contributed by atoms with Gasteiger partial charge in [0.1, 0.15) is 0 Å². The van der Waals surface area contributed by atoms with Crippen molar-refractivity contribution >= 4 is 29.2 Å². The highest BCUT2D eigenvalue weighted by molar-refractivity contribution is 7.08. The van der Waals surface area contributed by atoms with Crippen LogP contribution in [0.2, 0.25) is 0 Å². The summed E-state index contributed by atoms with van der Waals surface area (Å²) in [5.41, 5.74) is 1.08. The lowest BCUT2D eigenvalue weighted by Gasteiger charge is -2.36. The largest absolute Gasteiger partial charge is 0.490 e. The summed E-state index contributed by atoms with van der Waals surface area (Å²) in [4.78, 5) is 34.2. The van der Waals surface area contributed by atoms with Gasteiger partial charge in [0.2, 0.25) is 11.9 Å². The predicted octanol–water partition coefficient (Wildman–Crippen LogP) is 1.83. The van der Waals surface area contributed by atoms with Crippen LogP contribution in [0, 0.1) is 0 Å². The minimum Gasteiger partial charge on any atom is -0.475 e. The van der Waals surface area contributed by atoms with Crippen molar-refractivity contribution in [1.82, 2.24) is 14.9 Å². The zero-order chi connectivity index (χ0) is 21.7. The Bertz CT molecular complexity index is 851. The molecule has 0 bridgehead atoms. The number of morpholine rings is 1. The molecule has 1 N–H and O–H groups in total. The lowest BCUT2D eigenvalue weighted by atomic mass is 10.1. The average Bonchev–Trinajstić information content (AvgIpc) is 3.37. The number of halogens is 3. The Morgan fingerprint density at radius 3 is 2.57 bits per heavy atom. The molecule has 1 amide bonds. The van der Waals surface area contributed by atoms with Crippen LogP contribution in [0.3, 0.4) is 0 Å². The van der Waals surface area contributed by atoms with E-state index in [0.29, 0.717) is 26.1 Å². The number of carboxylic acids is 1. The van der Waals surface area contributed by atoms with Crippen LogP contribution >= 0.6 is 11.3 Å². The van der Waals surface area contributed by atoms with Gasteiger partial charge < -0.3 is 19.6 Å². The van der Waals surface area contributed by atoms with Crippen LogP contribution in [0.1, 0.15) is 5.56 Å². The van der Waals surface area contributed by atoms with Crippen molar-refractivity contribution in [2.75, 3.05) is 31.1 Å². The van der Waals surface area contributed by atoms with Gasteiger partial charge in [0.15, 0.2) is 0 Å². The molecule has 4 rings (SSSR count). The number of hydrogen-bond acceptors (Lipinski definition) is 7. The number of thiophene rings is 1. The second-order valence-electron chi connectivity index (χ2n) is 6.63. The maximum atomic E-state index is 12.5. The summed E-state index contributed by atoms with van der Waals surface area (Å²) >= 11 is 1.62. The molecule has 8 nitrogen and oxygen atoms in total. The van der Waals surface area contributed by atoms with E-state index in [0.717, 1.165) is 18.1 Å². The fraction of sp³-hybridized carbons (Fsp3) is 0.444. The van der Waals surface area contributed by atoms with Gasteiger partial charge in [0.25, 0.3) is 0 Å². The predicted molar refractivity (Wildman–Crippen MR) is 101 cm³/mol. The summed E-state index contributed by atoms with van der Waals surface area (Å²) in [5, 5.41) is 11.2. The molecule has 30 heavy (non-hydrogen) atoms. The molecule has 0 unspecified atom stereocenters. The molecule has 162 valence electrons. The van der Waals surface area contributed by atoms with Crippen LogP contribution in [-0.2, 0) is 20.7 Å². The number of fused-ring (bicyclic) bond motifs is 1. The lowest BCUT2D eigenvalue weighted by molar-refractivity contribution is -0.192. The Hall–Kier alpha value is -2.73. The highest BCUT2D eigenvalue weighted by Gasteiger charge is 2.42. The number of likely N-dealkylation sites (tertiary alicyclic amines) is 1. The second-order valence-corrected chi connectivity index (χ2v) is 7.41. The maximum absolute atomic E-state index is 12.5. The monoisotopic (exact) mass is 444 g/mol. The number of rotatable bonds is 3. The Kier molecular flexibility index (Phi) is 6.87. The van der Waals surface area contributed by atoms with E-state index >= 15 is 0 Å². The van der Waals surface area contributed by atoms with Crippen LogP contribution in [0.15, 0.2) is 35.3 Å². The molecule has 0 aromatic carbocycles. The Balaban J connectivity index is 0.000000318. The molecule has 0 aliphatic carbocycles. The molecule has 2 aromatic heterocycles. The number of carboxylic acid groups (broad SMARTS) is 1. The van der Waals surface area contributed by atoms with Gasteiger partial charge in [-0.2, -0.15) is 24.5 Å². The zero-order valence-electron chi connectivity index (χ0n) is 15.7. The summed E-state index contributed by atoms with van der Waals surface area (Å²) in [5.74, 6) is -1.87. The van der Waals surface area contributed by atoms with Crippen molar-refractivity contribution in [1.29, 1.82) is 0 Å². The summed E-state index contributed by atoms with van der Waals surface area (Å²) in [6, 6.07) is 3.96. The lowest BCUT2D eigenvalue weighted by Crippen LogP contribution is -2.51. The van der Waals surface area contributed by atoms with Gasteiger partial charge in [-0.05, 0) is 28.5 Å². The number of carbonyl (C=O) groups is 2. The van der Waals surface area contributed by atoms with Crippen molar-refractivity contribution in [2.45, 2.75) is 24.7 Å². The zero-order valence-corrected chi connectivity index (χ0v) is 16.5. The summed E-state index contributed by atoms with van der Waals surface area (Å²) in [6.45, 7) is 2.73. The van der Waals surface area contributed by atoms with E-state index in [-0.39, 0.29) is 18.1 Å².